The minimum absolute atomic E-state index is 0.0622. The highest BCUT2D eigenvalue weighted by Gasteiger charge is 2.46. The Hall–Kier alpha value is -4.34. The molecule has 3 atom stereocenters. The maximum absolute atomic E-state index is 14.0. The Labute approximate surface area is 251 Å². The highest BCUT2D eigenvalue weighted by molar-refractivity contribution is 5.91. The number of benzene rings is 2. The van der Waals surface area contributed by atoms with Crippen LogP contribution < -0.4 is 14.8 Å². The maximum atomic E-state index is 14.0. The summed E-state index contributed by atoms with van der Waals surface area (Å²) >= 11 is 0. The number of cyclic esters (lactones) is 1. The van der Waals surface area contributed by atoms with Crippen LogP contribution in [0.4, 0.5) is 4.79 Å². The minimum Gasteiger partial charge on any atom is -0.493 e. The Morgan fingerprint density at radius 2 is 1.79 bits per heavy atom. The fourth-order valence-electron chi connectivity index (χ4n) is 5.35. The number of rotatable bonds is 1. The molecule has 1 aromatic heterocycles. The number of methoxy groups -OCH3 is 1. The van der Waals surface area contributed by atoms with Gasteiger partial charge in [0, 0.05) is 22.8 Å². The SMILES string of the molecule is COC(=O)C1CC2CN1C(=O)C(C(C)(C)C)NC(=O)OCC(C)(C)COc1cccc(c1)-c1cc3ccccc3nc1O2. The first kappa shape index (κ1) is 30.1. The number of amides is 2. The number of hydrogen-bond donors (Lipinski definition) is 1. The third kappa shape index (κ3) is 6.68. The summed E-state index contributed by atoms with van der Waals surface area (Å²) in [6, 6.07) is 15.6. The van der Waals surface area contributed by atoms with Crippen molar-refractivity contribution in [3.63, 3.8) is 0 Å². The van der Waals surface area contributed by atoms with Crippen molar-refractivity contribution in [1.82, 2.24) is 15.2 Å². The summed E-state index contributed by atoms with van der Waals surface area (Å²) in [5, 5.41) is 3.69. The quantitative estimate of drug-likeness (QED) is 0.395. The lowest BCUT2D eigenvalue weighted by Crippen LogP contribution is -2.57. The number of para-hydroxylation sites is 1. The molecule has 2 aliphatic rings. The topological polar surface area (TPSA) is 116 Å². The molecule has 0 aliphatic carbocycles. The first-order chi connectivity index (χ1) is 20.3. The van der Waals surface area contributed by atoms with E-state index in [9.17, 15) is 14.4 Å². The second kappa shape index (κ2) is 11.7. The molecule has 2 aromatic carbocycles. The second-order valence-electron chi connectivity index (χ2n) is 13.0. The summed E-state index contributed by atoms with van der Waals surface area (Å²) in [4.78, 5) is 46.2. The van der Waals surface area contributed by atoms with Crippen LogP contribution in [-0.4, -0.2) is 72.9 Å². The first-order valence-corrected chi connectivity index (χ1v) is 14.5. The van der Waals surface area contributed by atoms with E-state index in [0.717, 1.165) is 22.0 Å². The second-order valence-corrected chi connectivity index (χ2v) is 13.0. The zero-order valence-electron chi connectivity index (χ0n) is 25.5. The molecule has 4 bridgehead atoms. The summed E-state index contributed by atoms with van der Waals surface area (Å²) in [6.45, 7) is 9.83. The number of nitrogens with zero attached hydrogens (tertiary/aromatic N) is 2. The number of esters is 1. The van der Waals surface area contributed by atoms with E-state index in [1.807, 2.05) is 89.2 Å². The van der Waals surface area contributed by atoms with Crippen molar-refractivity contribution in [3.05, 3.63) is 54.6 Å². The standard InChI is InChI=1S/C33H39N3O7/c1-32(2,3)27-29(37)36-17-23(16-26(36)30(38)40-6)43-28-24(15-21-10-7-8-13-25(21)34-28)20-11-9-12-22(14-20)41-18-33(4,5)19-42-31(39)35-27/h7-15,23,26-27H,16-19H2,1-6H3,(H,35,39). The molecular formula is C33H39N3O7. The molecule has 5 rings (SSSR count). The lowest BCUT2D eigenvalue weighted by atomic mass is 9.85. The van der Waals surface area contributed by atoms with Crippen molar-refractivity contribution >= 4 is 28.9 Å². The number of aromatic nitrogens is 1. The van der Waals surface area contributed by atoms with Gasteiger partial charge in [-0.05, 0) is 35.2 Å². The molecule has 2 aliphatic heterocycles. The van der Waals surface area contributed by atoms with Crippen LogP contribution >= 0.6 is 0 Å². The molecule has 43 heavy (non-hydrogen) atoms. The Balaban J connectivity index is 1.60. The largest absolute Gasteiger partial charge is 0.493 e. The number of alkyl carbamates (subject to hydrolysis) is 1. The van der Waals surface area contributed by atoms with Gasteiger partial charge < -0.3 is 29.2 Å². The molecular weight excluding hydrogens is 550 g/mol. The van der Waals surface area contributed by atoms with Crippen molar-refractivity contribution in [2.45, 2.75) is 59.2 Å². The molecule has 2 amide bonds. The average Bonchev–Trinajstić information content (AvgIpc) is 3.40. The van der Waals surface area contributed by atoms with Crippen LogP contribution in [-0.2, 0) is 19.1 Å². The third-order valence-electron chi connectivity index (χ3n) is 7.73. The Bertz CT molecular complexity index is 1530. The number of nitrogens with one attached hydrogen (secondary N) is 1. The molecule has 3 heterocycles. The molecule has 3 unspecified atom stereocenters. The van der Waals surface area contributed by atoms with E-state index in [4.69, 9.17) is 23.9 Å². The van der Waals surface area contributed by atoms with Gasteiger partial charge in [0.15, 0.2) is 0 Å². The molecule has 3 aromatic rings. The Morgan fingerprint density at radius 3 is 2.53 bits per heavy atom. The molecule has 0 spiro atoms. The molecule has 228 valence electrons. The molecule has 1 fully saturated rings. The predicted molar refractivity (Wildman–Crippen MR) is 161 cm³/mol. The predicted octanol–water partition coefficient (Wildman–Crippen LogP) is 4.98. The van der Waals surface area contributed by atoms with Gasteiger partial charge >= 0.3 is 12.1 Å². The van der Waals surface area contributed by atoms with Gasteiger partial charge in [-0.3, -0.25) is 4.79 Å². The van der Waals surface area contributed by atoms with Gasteiger partial charge in [-0.15, -0.1) is 0 Å². The molecule has 10 heteroatoms. The average molecular weight is 590 g/mol. The monoisotopic (exact) mass is 589 g/mol. The van der Waals surface area contributed by atoms with E-state index in [2.05, 4.69) is 5.32 Å². The van der Waals surface area contributed by atoms with Crippen molar-refractivity contribution in [1.29, 1.82) is 0 Å². The highest BCUT2D eigenvalue weighted by Crippen LogP contribution is 2.36. The van der Waals surface area contributed by atoms with Crippen LogP contribution in [0.25, 0.3) is 22.0 Å². The molecule has 0 saturated carbocycles. The normalized spacial score (nSPS) is 22.7. The van der Waals surface area contributed by atoms with Gasteiger partial charge in [-0.25, -0.2) is 14.6 Å². The number of hydrogen-bond acceptors (Lipinski definition) is 8. The van der Waals surface area contributed by atoms with Gasteiger partial charge in [0.05, 0.1) is 25.8 Å². The zero-order chi connectivity index (χ0) is 30.9. The van der Waals surface area contributed by atoms with Gasteiger partial charge in [0.2, 0.25) is 11.8 Å². The minimum atomic E-state index is -0.974. The maximum Gasteiger partial charge on any atom is 0.407 e. The van der Waals surface area contributed by atoms with Crippen LogP contribution in [0.2, 0.25) is 0 Å². The summed E-state index contributed by atoms with van der Waals surface area (Å²) < 4.78 is 23.3. The van der Waals surface area contributed by atoms with E-state index >= 15 is 0 Å². The van der Waals surface area contributed by atoms with Crippen LogP contribution in [0.15, 0.2) is 54.6 Å². The molecule has 0 radical (unpaired) electrons. The Kier molecular flexibility index (Phi) is 8.23. The van der Waals surface area contributed by atoms with Gasteiger partial charge in [0.25, 0.3) is 0 Å². The number of carbonyl (C=O) groups excluding carboxylic acids is 3. The fraction of sp³-hybridized carbons (Fsp3) is 0.455. The van der Waals surface area contributed by atoms with Crippen LogP contribution in [0.1, 0.15) is 41.0 Å². The summed E-state index contributed by atoms with van der Waals surface area (Å²) in [6.07, 6.45) is -1.09. The third-order valence-corrected chi connectivity index (χ3v) is 7.73. The number of pyridine rings is 1. The number of carbonyl (C=O) groups is 3. The molecule has 1 saturated heterocycles. The van der Waals surface area contributed by atoms with Gasteiger partial charge in [-0.1, -0.05) is 65.0 Å². The van der Waals surface area contributed by atoms with Crippen molar-refractivity contribution in [2.75, 3.05) is 26.9 Å². The van der Waals surface area contributed by atoms with E-state index in [1.54, 1.807) is 0 Å². The lowest BCUT2D eigenvalue weighted by molar-refractivity contribution is -0.152. The first-order valence-electron chi connectivity index (χ1n) is 14.5. The van der Waals surface area contributed by atoms with E-state index < -0.39 is 47.0 Å². The smallest absolute Gasteiger partial charge is 0.407 e. The fourth-order valence-corrected chi connectivity index (χ4v) is 5.35. The number of ether oxygens (including phenoxy) is 4. The van der Waals surface area contributed by atoms with Crippen molar-refractivity contribution in [2.24, 2.45) is 10.8 Å². The number of fused-ring (bicyclic) bond motifs is 7. The van der Waals surface area contributed by atoms with Gasteiger partial charge in [-0.2, -0.15) is 0 Å². The van der Waals surface area contributed by atoms with E-state index in [-0.39, 0.29) is 26.2 Å². The summed E-state index contributed by atoms with van der Waals surface area (Å²) in [5.41, 5.74) is 1.13. The lowest BCUT2D eigenvalue weighted by Gasteiger charge is -2.35. The van der Waals surface area contributed by atoms with Gasteiger partial charge in [0.1, 0.15) is 30.5 Å². The van der Waals surface area contributed by atoms with Crippen molar-refractivity contribution in [3.8, 4) is 22.8 Å². The summed E-state index contributed by atoms with van der Waals surface area (Å²) in [7, 11) is 1.29. The summed E-state index contributed by atoms with van der Waals surface area (Å²) in [5.74, 6) is 0.0497. The molecule has 1 N–H and O–H groups in total. The van der Waals surface area contributed by atoms with Crippen LogP contribution in [0, 0.1) is 10.8 Å². The van der Waals surface area contributed by atoms with Crippen LogP contribution in [0.3, 0.4) is 0 Å². The van der Waals surface area contributed by atoms with E-state index in [0.29, 0.717) is 11.6 Å². The van der Waals surface area contributed by atoms with Crippen LogP contribution in [0.5, 0.6) is 11.6 Å². The van der Waals surface area contributed by atoms with E-state index in [1.165, 1.54) is 12.0 Å². The Morgan fingerprint density at radius 1 is 1.05 bits per heavy atom. The van der Waals surface area contributed by atoms with Crippen molar-refractivity contribution < 1.29 is 33.3 Å². The zero-order valence-corrected chi connectivity index (χ0v) is 25.5. The highest BCUT2D eigenvalue weighted by atomic mass is 16.6. The molecule has 10 nitrogen and oxygen atoms in total.